The van der Waals surface area contributed by atoms with Crippen molar-refractivity contribution in [1.82, 2.24) is 9.80 Å². The van der Waals surface area contributed by atoms with Gasteiger partial charge in [0.15, 0.2) is 0 Å². The average Bonchev–Trinajstić information content (AvgIpc) is 2.95. The molecule has 2 amide bonds. The van der Waals surface area contributed by atoms with Gasteiger partial charge in [-0.05, 0) is 83.5 Å². The Labute approximate surface area is 239 Å². The smallest absolute Gasteiger partial charge is 0.258 e. The molecule has 1 aliphatic heterocycles. The van der Waals surface area contributed by atoms with Gasteiger partial charge >= 0.3 is 0 Å². The molecule has 0 aliphatic carbocycles. The summed E-state index contributed by atoms with van der Waals surface area (Å²) in [6, 6.07) is 13.8. The zero-order valence-electron chi connectivity index (χ0n) is 24.8. The van der Waals surface area contributed by atoms with Crippen LogP contribution in [0.3, 0.4) is 0 Å². The van der Waals surface area contributed by atoms with E-state index in [4.69, 9.17) is 9.47 Å². The number of carbonyl (C=O) groups is 2. The molecule has 0 unspecified atom stereocenters. The van der Waals surface area contributed by atoms with Crippen LogP contribution in [0.4, 0.5) is 5.69 Å². The Kier molecular flexibility index (Phi) is 12.4. The number of anilines is 1. The Bertz CT molecular complexity index is 1080. The van der Waals surface area contributed by atoms with Gasteiger partial charge in [-0.1, -0.05) is 32.0 Å². The van der Waals surface area contributed by atoms with Crippen LogP contribution in [0.5, 0.6) is 5.75 Å². The maximum absolute atomic E-state index is 14.2. The zero-order valence-corrected chi connectivity index (χ0v) is 24.8. The highest BCUT2D eigenvalue weighted by molar-refractivity contribution is 6.05. The lowest BCUT2D eigenvalue weighted by Crippen LogP contribution is -2.47. The molecule has 220 valence electrons. The van der Waals surface area contributed by atoms with E-state index >= 15 is 0 Å². The molecule has 0 fully saturated rings. The fourth-order valence-corrected chi connectivity index (χ4v) is 5.04. The van der Waals surface area contributed by atoms with Crippen molar-refractivity contribution in [3.05, 3.63) is 59.7 Å². The molecule has 8 heteroatoms. The van der Waals surface area contributed by atoms with Crippen LogP contribution in [0.15, 0.2) is 48.5 Å². The lowest BCUT2D eigenvalue weighted by Gasteiger charge is -2.35. The van der Waals surface area contributed by atoms with Gasteiger partial charge in [0.1, 0.15) is 5.75 Å². The molecule has 1 aliphatic rings. The highest BCUT2D eigenvalue weighted by Crippen LogP contribution is 2.28. The van der Waals surface area contributed by atoms with Gasteiger partial charge in [-0.2, -0.15) is 0 Å². The van der Waals surface area contributed by atoms with Crippen LogP contribution in [0.25, 0.3) is 0 Å². The fourth-order valence-electron chi connectivity index (χ4n) is 5.04. The predicted molar refractivity (Wildman–Crippen MR) is 159 cm³/mol. The standard InChI is InChI=1S/C32H47N3O5/c1-6-17-34(5)21-30-23(2)20-35(24(3)22-36)32(38)28-19-27(33-31(37)26-13-8-7-9-14-26)15-16-29(28)40-25(4)12-10-11-18-39-30/h7-9,13-16,19,23-25,30,36H,6,10-12,17-18,20-22H2,1-5H3,(H,33,37)/t23-,24+,25+,30-/m0/s1. The van der Waals surface area contributed by atoms with E-state index in [2.05, 4.69) is 31.1 Å². The van der Waals surface area contributed by atoms with Crippen LogP contribution in [0.2, 0.25) is 0 Å². The minimum atomic E-state index is -0.412. The first-order valence-corrected chi connectivity index (χ1v) is 14.6. The summed E-state index contributed by atoms with van der Waals surface area (Å²) in [6.45, 7) is 10.8. The molecule has 4 atom stereocenters. The number of likely N-dealkylation sites (N-methyl/N-ethyl adjacent to an activating group) is 1. The number of hydrogen-bond donors (Lipinski definition) is 2. The number of rotatable bonds is 8. The van der Waals surface area contributed by atoms with Crippen molar-refractivity contribution in [2.75, 3.05) is 45.2 Å². The molecule has 40 heavy (non-hydrogen) atoms. The monoisotopic (exact) mass is 553 g/mol. The molecular weight excluding hydrogens is 506 g/mol. The van der Waals surface area contributed by atoms with Crippen molar-refractivity contribution in [3.63, 3.8) is 0 Å². The largest absolute Gasteiger partial charge is 0.490 e. The summed E-state index contributed by atoms with van der Waals surface area (Å²) in [5.41, 5.74) is 1.40. The molecule has 8 nitrogen and oxygen atoms in total. The maximum atomic E-state index is 14.2. The number of nitrogens with one attached hydrogen (secondary N) is 1. The highest BCUT2D eigenvalue weighted by Gasteiger charge is 2.30. The first kappa shape index (κ1) is 31.6. The van der Waals surface area contributed by atoms with Gasteiger partial charge in [0, 0.05) is 36.9 Å². The van der Waals surface area contributed by atoms with E-state index in [0.29, 0.717) is 35.7 Å². The second-order valence-electron chi connectivity index (χ2n) is 11.1. The third kappa shape index (κ3) is 9.04. The average molecular weight is 554 g/mol. The SMILES string of the molecule is CCCN(C)C[C@@H]1OCCCC[C@@H](C)Oc2ccc(NC(=O)c3ccccc3)cc2C(=O)N([C@H](C)CO)C[C@@H]1C. The second kappa shape index (κ2) is 15.7. The van der Waals surface area contributed by atoms with E-state index in [1.807, 2.05) is 32.0 Å². The van der Waals surface area contributed by atoms with Gasteiger partial charge in [-0.15, -0.1) is 0 Å². The van der Waals surface area contributed by atoms with E-state index in [-0.39, 0.29) is 36.5 Å². The second-order valence-corrected chi connectivity index (χ2v) is 11.1. The number of hydrogen-bond acceptors (Lipinski definition) is 6. The van der Waals surface area contributed by atoms with Gasteiger partial charge in [-0.25, -0.2) is 0 Å². The first-order valence-electron chi connectivity index (χ1n) is 14.6. The topological polar surface area (TPSA) is 91.3 Å². The Morgan fingerprint density at radius 1 is 1.18 bits per heavy atom. The molecule has 0 bridgehead atoms. The quantitative estimate of drug-likeness (QED) is 0.474. The molecule has 2 N–H and O–H groups in total. The van der Waals surface area contributed by atoms with E-state index in [0.717, 1.165) is 38.8 Å². The van der Waals surface area contributed by atoms with Crippen LogP contribution < -0.4 is 10.1 Å². The molecule has 3 rings (SSSR count). The molecule has 0 aromatic heterocycles. The van der Waals surface area contributed by atoms with E-state index in [1.54, 1.807) is 35.2 Å². The first-order chi connectivity index (χ1) is 19.2. The number of aliphatic hydroxyl groups is 1. The Balaban J connectivity index is 1.96. The minimum absolute atomic E-state index is 0.0319. The van der Waals surface area contributed by atoms with Crippen LogP contribution >= 0.6 is 0 Å². The Morgan fingerprint density at radius 2 is 1.93 bits per heavy atom. The van der Waals surface area contributed by atoms with Crippen LogP contribution in [0.1, 0.15) is 74.1 Å². The van der Waals surface area contributed by atoms with Crippen LogP contribution in [0, 0.1) is 5.92 Å². The summed E-state index contributed by atoms with van der Waals surface area (Å²) in [5.74, 6) is 0.00713. The molecule has 1 heterocycles. The van der Waals surface area contributed by atoms with Crippen molar-refractivity contribution in [3.8, 4) is 5.75 Å². The number of amides is 2. The summed E-state index contributed by atoms with van der Waals surface area (Å²) in [7, 11) is 2.10. The van der Waals surface area contributed by atoms with Crippen molar-refractivity contribution in [2.24, 2.45) is 5.92 Å². The molecule has 2 aromatic rings. The molecule has 2 aromatic carbocycles. The van der Waals surface area contributed by atoms with Gasteiger partial charge in [0.25, 0.3) is 11.8 Å². The minimum Gasteiger partial charge on any atom is -0.490 e. The summed E-state index contributed by atoms with van der Waals surface area (Å²) < 4.78 is 12.7. The zero-order chi connectivity index (χ0) is 29.1. The predicted octanol–water partition coefficient (Wildman–Crippen LogP) is 5.08. The summed E-state index contributed by atoms with van der Waals surface area (Å²) in [5, 5.41) is 13.0. The molecule has 0 saturated heterocycles. The van der Waals surface area contributed by atoms with Crippen LogP contribution in [-0.2, 0) is 4.74 Å². The van der Waals surface area contributed by atoms with Gasteiger partial charge in [0.2, 0.25) is 0 Å². The van der Waals surface area contributed by atoms with Gasteiger partial charge in [0.05, 0.1) is 30.4 Å². The summed E-state index contributed by atoms with van der Waals surface area (Å²) in [6.07, 6.45) is 3.62. The Morgan fingerprint density at radius 3 is 2.62 bits per heavy atom. The van der Waals surface area contributed by atoms with Crippen LogP contribution in [-0.4, -0.2) is 84.9 Å². The van der Waals surface area contributed by atoms with Crippen molar-refractivity contribution >= 4 is 17.5 Å². The third-order valence-electron chi connectivity index (χ3n) is 7.44. The molecule has 0 radical (unpaired) electrons. The van der Waals surface area contributed by atoms with Crippen molar-refractivity contribution < 1.29 is 24.2 Å². The highest BCUT2D eigenvalue weighted by atomic mass is 16.5. The Hall–Kier alpha value is -2.94. The van der Waals surface area contributed by atoms with Crippen molar-refractivity contribution in [1.29, 1.82) is 0 Å². The van der Waals surface area contributed by atoms with E-state index in [9.17, 15) is 14.7 Å². The fraction of sp³-hybridized carbons (Fsp3) is 0.562. The number of aliphatic hydroxyl groups excluding tert-OH is 1. The molecule has 0 saturated carbocycles. The van der Waals surface area contributed by atoms with E-state index in [1.165, 1.54) is 0 Å². The number of benzene rings is 2. The van der Waals surface area contributed by atoms with Gasteiger partial charge < -0.3 is 29.7 Å². The van der Waals surface area contributed by atoms with Gasteiger partial charge in [-0.3, -0.25) is 9.59 Å². The lowest BCUT2D eigenvalue weighted by atomic mass is 10.0. The molecular formula is C32H47N3O5. The summed E-state index contributed by atoms with van der Waals surface area (Å²) in [4.78, 5) is 31.0. The lowest BCUT2D eigenvalue weighted by molar-refractivity contribution is -0.0167. The number of fused-ring (bicyclic) bond motifs is 1. The number of ether oxygens (including phenoxy) is 2. The maximum Gasteiger partial charge on any atom is 0.258 e. The number of carbonyl (C=O) groups excluding carboxylic acids is 2. The van der Waals surface area contributed by atoms with E-state index < -0.39 is 6.04 Å². The van der Waals surface area contributed by atoms with Crippen molar-refractivity contribution in [2.45, 2.75) is 71.6 Å². The normalized spacial score (nSPS) is 21.7. The number of nitrogens with zero attached hydrogens (tertiary/aromatic N) is 2. The third-order valence-corrected chi connectivity index (χ3v) is 7.44. The summed E-state index contributed by atoms with van der Waals surface area (Å²) >= 11 is 0. The molecule has 0 spiro atoms.